The molecule has 0 radical (unpaired) electrons. The van der Waals surface area contributed by atoms with Gasteiger partial charge >= 0.3 is 0 Å². The van der Waals surface area contributed by atoms with Crippen molar-refractivity contribution in [3.8, 4) is 11.8 Å². The number of methoxy groups -OCH3 is 1. The van der Waals surface area contributed by atoms with Crippen LogP contribution in [0.2, 0.25) is 0 Å². The number of nitriles is 1. The zero-order valence-electron chi connectivity index (χ0n) is 9.34. The van der Waals surface area contributed by atoms with E-state index in [1.165, 1.54) is 6.34 Å². The van der Waals surface area contributed by atoms with Gasteiger partial charge in [-0.25, -0.2) is 0 Å². The van der Waals surface area contributed by atoms with Crippen LogP contribution in [0.25, 0.3) is 0 Å². The van der Waals surface area contributed by atoms with Crippen LogP contribution < -0.4 is 15.8 Å². The molecular weight excluding hydrogens is 216 g/mol. The molecule has 5 heteroatoms. The van der Waals surface area contributed by atoms with E-state index in [2.05, 4.69) is 16.4 Å². The Balaban J connectivity index is 2.35. The highest BCUT2D eigenvalue weighted by molar-refractivity contribution is 5.63. The molecule has 0 saturated carbocycles. The number of hydrogen-bond donors (Lipinski definition) is 2. The number of aliphatic imine (C=N–C) groups is 1. The molecule has 0 bridgehead atoms. The van der Waals surface area contributed by atoms with Gasteiger partial charge in [0.15, 0.2) is 0 Å². The molecule has 86 valence electrons. The Kier molecular flexibility index (Phi) is 2.97. The molecule has 1 atom stereocenters. The van der Waals surface area contributed by atoms with Gasteiger partial charge in [0, 0.05) is 0 Å². The summed E-state index contributed by atoms with van der Waals surface area (Å²) < 4.78 is 5.08. The predicted molar refractivity (Wildman–Crippen MR) is 64.2 cm³/mol. The molecule has 17 heavy (non-hydrogen) atoms. The van der Waals surface area contributed by atoms with Crippen LogP contribution >= 0.6 is 0 Å². The van der Waals surface area contributed by atoms with E-state index in [0.29, 0.717) is 11.4 Å². The van der Waals surface area contributed by atoms with Gasteiger partial charge in [-0.1, -0.05) is 12.1 Å². The van der Waals surface area contributed by atoms with Gasteiger partial charge in [0.05, 0.1) is 19.0 Å². The molecule has 1 aliphatic rings. The van der Waals surface area contributed by atoms with Crippen LogP contribution in [0.5, 0.6) is 5.75 Å². The van der Waals surface area contributed by atoms with Gasteiger partial charge in [0.25, 0.3) is 0 Å². The number of ether oxygens (including phenoxy) is 1. The topological polar surface area (TPSA) is 83.4 Å². The molecule has 0 aliphatic carbocycles. The van der Waals surface area contributed by atoms with E-state index in [9.17, 15) is 0 Å². The van der Waals surface area contributed by atoms with Gasteiger partial charge in [-0.05, 0) is 17.7 Å². The Labute approximate surface area is 99.2 Å². The largest absolute Gasteiger partial charge is 0.497 e. The van der Waals surface area contributed by atoms with Crippen LogP contribution in [0.15, 0.2) is 40.7 Å². The zero-order valence-corrected chi connectivity index (χ0v) is 9.34. The van der Waals surface area contributed by atoms with Crippen molar-refractivity contribution in [2.24, 2.45) is 10.7 Å². The maximum atomic E-state index is 9.07. The van der Waals surface area contributed by atoms with Gasteiger partial charge in [-0.2, -0.15) is 5.26 Å². The Bertz CT molecular complexity index is 510. The van der Waals surface area contributed by atoms with E-state index in [1.807, 2.05) is 24.3 Å². The second-order valence-corrected chi connectivity index (χ2v) is 3.54. The van der Waals surface area contributed by atoms with Gasteiger partial charge in [0.2, 0.25) is 0 Å². The highest BCUT2D eigenvalue weighted by Crippen LogP contribution is 2.28. The van der Waals surface area contributed by atoms with Crippen LogP contribution in [0.4, 0.5) is 0 Å². The molecule has 5 nitrogen and oxygen atoms in total. The number of benzene rings is 1. The number of rotatable bonds is 2. The Hall–Kier alpha value is -2.48. The summed E-state index contributed by atoms with van der Waals surface area (Å²) in [7, 11) is 1.61. The summed E-state index contributed by atoms with van der Waals surface area (Å²) in [5, 5.41) is 11.8. The molecular formula is C12H12N4O. The fourth-order valence-corrected chi connectivity index (χ4v) is 1.64. The summed E-state index contributed by atoms with van der Waals surface area (Å²) in [5.41, 5.74) is 7.04. The van der Waals surface area contributed by atoms with Gasteiger partial charge in [-0.15, -0.1) is 0 Å². The third kappa shape index (κ3) is 2.06. The van der Waals surface area contributed by atoms with E-state index < -0.39 is 0 Å². The minimum atomic E-state index is -0.341. The molecule has 3 N–H and O–H groups in total. The minimum Gasteiger partial charge on any atom is -0.497 e. The second kappa shape index (κ2) is 4.58. The summed E-state index contributed by atoms with van der Waals surface area (Å²) in [4.78, 5) is 4.22. The summed E-state index contributed by atoms with van der Waals surface area (Å²) >= 11 is 0. The SMILES string of the molecule is COc1ccc(C2N=CNC(N)=C2C#N)cc1. The Morgan fingerprint density at radius 2 is 2.12 bits per heavy atom. The smallest absolute Gasteiger partial charge is 0.118 e. The molecule has 1 aromatic carbocycles. The molecule has 0 fully saturated rings. The van der Waals surface area contributed by atoms with Crippen molar-refractivity contribution in [3.63, 3.8) is 0 Å². The minimum absolute atomic E-state index is 0.341. The molecule has 0 saturated heterocycles. The quantitative estimate of drug-likeness (QED) is 0.792. The van der Waals surface area contributed by atoms with E-state index in [0.717, 1.165) is 11.3 Å². The van der Waals surface area contributed by atoms with Gasteiger partial charge in [-0.3, -0.25) is 4.99 Å². The lowest BCUT2D eigenvalue weighted by Crippen LogP contribution is -2.26. The van der Waals surface area contributed by atoms with Crippen molar-refractivity contribution < 1.29 is 4.74 Å². The molecule has 0 amide bonds. The number of nitrogens with zero attached hydrogens (tertiary/aromatic N) is 2. The standard InChI is InChI=1S/C12H12N4O/c1-17-9-4-2-8(3-5-9)11-10(6-13)12(14)16-7-15-11/h2-5,7,11H,14H2,1H3,(H,15,16). The lowest BCUT2D eigenvalue weighted by molar-refractivity contribution is 0.414. The van der Waals surface area contributed by atoms with E-state index in [1.54, 1.807) is 7.11 Å². The average molecular weight is 228 g/mol. The van der Waals surface area contributed by atoms with Crippen LogP contribution in [0.3, 0.4) is 0 Å². The first kappa shape index (κ1) is 11.0. The number of nitrogens with two attached hydrogens (primary N) is 1. The van der Waals surface area contributed by atoms with Crippen LogP contribution in [0, 0.1) is 11.3 Å². The number of nitrogens with one attached hydrogen (secondary N) is 1. The fourth-order valence-electron chi connectivity index (χ4n) is 1.64. The fraction of sp³-hybridized carbons (Fsp3) is 0.167. The van der Waals surface area contributed by atoms with Crippen molar-refractivity contribution >= 4 is 6.34 Å². The van der Waals surface area contributed by atoms with E-state index >= 15 is 0 Å². The van der Waals surface area contributed by atoms with Crippen molar-refractivity contribution in [2.75, 3.05) is 7.11 Å². The molecule has 1 aromatic rings. The first-order valence-corrected chi connectivity index (χ1v) is 5.08. The summed E-state index contributed by atoms with van der Waals surface area (Å²) in [6, 6.07) is 9.14. The molecule has 1 unspecified atom stereocenters. The third-order valence-electron chi connectivity index (χ3n) is 2.56. The molecule has 0 spiro atoms. The van der Waals surface area contributed by atoms with Crippen LogP contribution in [-0.2, 0) is 0 Å². The third-order valence-corrected chi connectivity index (χ3v) is 2.56. The maximum absolute atomic E-state index is 9.07. The monoisotopic (exact) mass is 228 g/mol. The number of hydrogen-bond acceptors (Lipinski definition) is 5. The molecule has 1 heterocycles. The first-order chi connectivity index (χ1) is 8.26. The van der Waals surface area contributed by atoms with Crippen LogP contribution in [0.1, 0.15) is 11.6 Å². The highest BCUT2D eigenvalue weighted by atomic mass is 16.5. The predicted octanol–water partition coefficient (Wildman–Crippen LogP) is 1.06. The lowest BCUT2D eigenvalue weighted by Gasteiger charge is -2.18. The van der Waals surface area contributed by atoms with Crippen molar-refractivity contribution in [1.29, 1.82) is 5.26 Å². The van der Waals surface area contributed by atoms with E-state index in [4.69, 9.17) is 15.7 Å². The first-order valence-electron chi connectivity index (χ1n) is 5.08. The normalized spacial score (nSPS) is 18.5. The van der Waals surface area contributed by atoms with Crippen molar-refractivity contribution in [3.05, 3.63) is 41.2 Å². The summed E-state index contributed by atoms with van der Waals surface area (Å²) in [6.45, 7) is 0. The average Bonchev–Trinajstić information content (AvgIpc) is 2.38. The maximum Gasteiger partial charge on any atom is 0.118 e. The van der Waals surface area contributed by atoms with Crippen molar-refractivity contribution in [1.82, 2.24) is 5.32 Å². The van der Waals surface area contributed by atoms with Crippen LogP contribution in [-0.4, -0.2) is 13.4 Å². The summed E-state index contributed by atoms with van der Waals surface area (Å²) in [5.74, 6) is 1.12. The van der Waals surface area contributed by atoms with Gasteiger partial charge < -0.3 is 15.8 Å². The molecule has 1 aliphatic heterocycles. The Morgan fingerprint density at radius 1 is 1.41 bits per heavy atom. The lowest BCUT2D eigenvalue weighted by atomic mass is 9.99. The zero-order chi connectivity index (χ0) is 12.3. The molecule has 2 rings (SSSR count). The van der Waals surface area contributed by atoms with E-state index in [-0.39, 0.29) is 6.04 Å². The molecule has 0 aromatic heterocycles. The second-order valence-electron chi connectivity index (χ2n) is 3.54. The van der Waals surface area contributed by atoms with Crippen molar-refractivity contribution in [2.45, 2.75) is 6.04 Å². The highest BCUT2D eigenvalue weighted by Gasteiger charge is 2.21. The van der Waals surface area contributed by atoms with Gasteiger partial charge in [0.1, 0.15) is 23.7 Å². The Morgan fingerprint density at radius 3 is 2.71 bits per heavy atom. The summed E-state index contributed by atoms with van der Waals surface area (Å²) in [6.07, 6.45) is 1.51.